The maximum absolute atomic E-state index is 11.9. The van der Waals surface area contributed by atoms with Gasteiger partial charge in [0, 0.05) is 10.9 Å². The first kappa shape index (κ1) is 13.6. The van der Waals surface area contributed by atoms with Crippen molar-refractivity contribution in [1.29, 1.82) is 0 Å². The van der Waals surface area contributed by atoms with Crippen molar-refractivity contribution < 1.29 is 19.1 Å². The molecule has 0 spiro atoms. The standard InChI is InChI=1S/C13H13N3O4/c1-7(11(17)16-13(14)19)20-12(18)10-6-8-4-2-3-5-9(8)15-10/h2-7,15H,1H3,(H3,14,16,17,19). The van der Waals surface area contributed by atoms with Gasteiger partial charge in [-0.05, 0) is 19.1 Å². The van der Waals surface area contributed by atoms with E-state index in [0.29, 0.717) is 0 Å². The summed E-state index contributed by atoms with van der Waals surface area (Å²) in [6.45, 7) is 1.35. The topological polar surface area (TPSA) is 114 Å². The number of benzene rings is 1. The van der Waals surface area contributed by atoms with E-state index in [-0.39, 0.29) is 5.69 Å². The Balaban J connectivity index is 2.08. The molecule has 3 amide bonds. The lowest BCUT2D eigenvalue weighted by Crippen LogP contribution is -2.42. The van der Waals surface area contributed by atoms with Gasteiger partial charge in [-0.3, -0.25) is 10.1 Å². The molecule has 1 heterocycles. The fourth-order valence-corrected chi connectivity index (χ4v) is 1.68. The first-order valence-corrected chi connectivity index (χ1v) is 5.86. The zero-order valence-corrected chi connectivity index (χ0v) is 10.7. The van der Waals surface area contributed by atoms with Gasteiger partial charge in [0.1, 0.15) is 5.69 Å². The number of imide groups is 1. The second-order valence-corrected chi connectivity index (χ2v) is 4.17. The van der Waals surface area contributed by atoms with E-state index in [4.69, 9.17) is 10.5 Å². The molecule has 1 aromatic carbocycles. The highest BCUT2D eigenvalue weighted by Crippen LogP contribution is 2.15. The molecule has 1 unspecified atom stereocenters. The lowest BCUT2D eigenvalue weighted by molar-refractivity contribution is -0.127. The lowest BCUT2D eigenvalue weighted by atomic mass is 10.2. The summed E-state index contributed by atoms with van der Waals surface area (Å²) in [4.78, 5) is 36.7. The van der Waals surface area contributed by atoms with Gasteiger partial charge in [-0.2, -0.15) is 0 Å². The van der Waals surface area contributed by atoms with Gasteiger partial charge in [-0.25, -0.2) is 9.59 Å². The number of primary amides is 1. The van der Waals surface area contributed by atoms with Gasteiger partial charge in [0.25, 0.3) is 5.91 Å². The minimum Gasteiger partial charge on any atom is -0.448 e. The van der Waals surface area contributed by atoms with Gasteiger partial charge in [0.2, 0.25) is 0 Å². The Morgan fingerprint density at radius 1 is 1.30 bits per heavy atom. The Morgan fingerprint density at radius 3 is 2.65 bits per heavy atom. The van der Waals surface area contributed by atoms with Gasteiger partial charge < -0.3 is 15.5 Å². The number of aromatic nitrogens is 1. The van der Waals surface area contributed by atoms with Crippen molar-refractivity contribution in [3.05, 3.63) is 36.0 Å². The summed E-state index contributed by atoms with van der Waals surface area (Å²) >= 11 is 0. The van der Waals surface area contributed by atoms with Crippen LogP contribution < -0.4 is 11.1 Å². The van der Waals surface area contributed by atoms with Gasteiger partial charge in [0.05, 0.1) is 0 Å². The highest BCUT2D eigenvalue weighted by atomic mass is 16.5. The number of fused-ring (bicyclic) bond motifs is 1. The average Bonchev–Trinajstić information content (AvgIpc) is 2.81. The Morgan fingerprint density at radius 2 is 2.00 bits per heavy atom. The molecule has 7 heteroatoms. The predicted octanol–water partition coefficient (Wildman–Crippen LogP) is 0.908. The van der Waals surface area contributed by atoms with Crippen molar-refractivity contribution in [2.45, 2.75) is 13.0 Å². The van der Waals surface area contributed by atoms with Crippen LogP contribution in [0.3, 0.4) is 0 Å². The molecule has 0 bridgehead atoms. The molecule has 0 aliphatic heterocycles. The van der Waals surface area contributed by atoms with Crippen molar-refractivity contribution >= 4 is 28.8 Å². The minimum absolute atomic E-state index is 0.227. The second kappa shape index (κ2) is 5.43. The summed E-state index contributed by atoms with van der Waals surface area (Å²) in [6, 6.07) is 7.95. The molecule has 7 nitrogen and oxygen atoms in total. The van der Waals surface area contributed by atoms with E-state index < -0.39 is 24.0 Å². The molecule has 4 N–H and O–H groups in total. The third kappa shape index (κ3) is 2.94. The quantitative estimate of drug-likeness (QED) is 0.722. The number of amides is 3. The molecule has 0 aliphatic carbocycles. The van der Waals surface area contributed by atoms with Gasteiger partial charge >= 0.3 is 12.0 Å². The number of esters is 1. The summed E-state index contributed by atoms with van der Waals surface area (Å²) in [5.41, 5.74) is 5.82. The molecule has 20 heavy (non-hydrogen) atoms. The fourth-order valence-electron chi connectivity index (χ4n) is 1.68. The van der Waals surface area contributed by atoms with Crippen molar-refractivity contribution in [3.8, 4) is 0 Å². The number of urea groups is 1. The monoisotopic (exact) mass is 275 g/mol. The number of H-pyrrole nitrogens is 1. The van der Waals surface area contributed by atoms with Crippen molar-refractivity contribution in [3.63, 3.8) is 0 Å². The maximum Gasteiger partial charge on any atom is 0.355 e. The number of aromatic amines is 1. The fraction of sp³-hybridized carbons (Fsp3) is 0.154. The summed E-state index contributed by atoms with van der Waals surface area (Å²) < 4.78 is 4.94. The number of para-hydroxylation sites is 1. The van der Waals surface area contributed by atoms with Crippen LogP contribution in [-0.4, -0.2) is 29.0 Å². The molecular weight excluding hydrogens is 262 g/mol. The van der Waals surface area contributed by atoms with E-state index in [2.05, 4.69) is 4.98 Å². The first-order chi connectivity index (χ1) is 9.47. The highest BCUT2D eigenvalue weighted by Gasteiger charge is 2.20. The zero-order chi connectivity index (χ0) is 14.7. The summed E-state index contributed by atoms with van der Waals surface area (Å²) in [5, 5.41) is 2.69. The third-order valence-electron chi connectivity index (χ3n) is 2.65. The van der Waals surface area contributed by atoms with Crippen LogP contribution in [0, 0.1) is 0 Å². The van der Waals surface area contributed by atoms with Crippen molar-refractivity contribution in [2.75, 3.05) is 0 Å². The molecular formula is C13H13N3O4. The van der Waals surface area contributed by atoms with Crippen LogP contribution in [0.4, 0.5) is 4.79 Å². The number of rotatable bonds is 3. The van der Waals surface area contributed by atoms with Gasteiger partial charge in [0.15, 0.2) is 6.10 Å². The number of nitrogens with one attached hydrogen (secondary N) is 2. The van der Waals surface area contributed by atoms with Crippen LogP contribution >= 0.6 is 0 Å². The molecule has 0 aliphatic rings. The molecule has 0 saturated carbocycles. The Kier molecular flexibility index (Phi) is 3.69. The zero-order valence-electron chi connectivity index (χ0n) is 10.7. The molecule has 0 fully saturated rings. The van der Waals surface area contributed by atoms with E-state index in [0.717, 1.165) is 10.9 Å². The predicted molar refractivity (Wildman–Crippen MR) is 70.9 cm³/mol. The first-order valence-electron chi connectivity index (χ1n) is 5.86. The Hall–Kier alpha value is -2.83. The van der Waals surface area contributed by atoms with Gasteiger partial charge in [-0.15, -0.1) is 0 Å². The largest absolute Gasteiger partial charge is 0.448 e. The van der Waals surface area contributed by atoms with Crippen molar-refractivity contribution in [1.82, 2.24) is 10.3 Å². The van der Waals surface area contributed by atoms with Crippen LogP contribution in [0.5, 0.6) is 0 Å². The number of ether oxygens (including phenoxy) is 1. The molecule has 2 aromatic rings. The van der Waals surface area contributed by atoms with Gasteiger partial charge in [-0.1, -0.05) is 18.2 Å². The van der Waals surface area contributed by atoms with Crippen LogP contribution in [0.2, 0.25) is 0 Å². The van der Waals surface area contributed by atoms with E-state index >= 15 is 0 Å². The highest BCUT2D eigenvalue weighted by molar-refractivity contribution is 5.99. The molecule has 104 valence electrons. The van der Waals surface area contributed by atoms with Crippen LogP contribution in [-0.2, 0) is 9.53 Å². The third-order valence-corrected chi connectivity index (χ3v) is 2.65. The summed E-state index contributed by atoms with van der Waals surface area (Å²) in [6.07, 6.45) is -1.12. The SMILES string of the molecule is CC(OC(=O)c1cc2ccccc2[nH]1)C(=O)NC(N)=O. The van der Waals surface area contributed by atoms with Crippen LogP contribution in [0.1, 0.15) is 17.4 Å². The lowest BCUT2D eigenvalue weighted by Gasteiger charge is -2.10. The van der Waals surface area contributed by atoms with E-state index in [1.54, 1.807) is 6.07 Å². The number of carbonyl (C=O) groups is 3. The molecule has 0 saturated heterocycles. The van der Waals surface area contributed by atoms with Crippen LogP contribution in [0.15, 0.2) is 30.3 Å². The van der Waals surface area contributed by atoms with Crippen molar-refractivity contribution in [2.24, 2.45) is 5.73 Å². The molecule has 1 atom stereocenters. The number of hydrogen-bond acceptors (Lipinski definition) is 4. The van der Waals surface area contributed by atoms with Crippen LogP contribution in [0.25, 0.3) is 10.9 Å². The molecule has 1 aromatic heterocycles. The average molecular weight is 275 g/mol. The minimum atomic E-state index is -1.12. The Labute approximate surface area is 114 Å². The number of hydrogen-bond donors (Lipinski definition) is 3. The Bertz CT molecular complexity index is 644. The van der Waals surface area contributed by atoms with E-state index in [1.807, 2.05) is 29.6 Å². The maximum atomic E-state index is 11.9. The normalized spacial score (nSPS) is 11.8. The second-order valence-electron chi connectivity index (χ2n) is 4.17. The number of carbonyl (C=O) groups excluding carboxylic acids is 3. The smallest absolute Gasteiger partial charge is 0.355 e. The summed E-state index contributed by atoms with van der Waals surface area (Å²) in [7, 11) is 0. The summed E-state index contributed by atoms with van der Waals surface area (Å²) in [5.74, 6) is -1.46. The van der Waals surface area contributed by atoms with E-state index in [1.165, 1.54) is 6.92 Å². The number of nitrogens with two attached hydrogens (primary N) is 1. The molecule has 2 rings (SSSR count). The van der Waals surface area contributed by atoms with E-state index in [9.17, 15) is 14.4 Å². The molecule has 0 radical (unpaired) electrons.